The first kappa shape index (κ1) is 16.2. The Morgan fingerprint density at radius 3 is 2.81 bits per heavy atom. The van der Waals surface area contributed by atoms with Crippen molar-refractivity contribution in [2.75, 3.05) is 25.1 Å². The van der Waals surface area contributed by atoms with Crippen LogP contribution in [0.2, 0.25) is 0 Å². The van der Waals surface area contributed by atoms with E-state index in [1.165, 1.54) is 12.8 Å². The molecule has 118 valence electrons. The summed E-state index contributed by atoms with van der Waals surface area (Å²) in [7, 11) is 2.10. The highest BCUT2D eigenvalue weighted by Gasteiger charge is 2.17. The summed E-state index contributed by atoms with van der Waals surface area (Å²) in [5.41, 5.74) is 1.19. The molecule has 1 saturated heterocycles. The van der Waals surface area contributed by atoms with Crippen molar-refractivity contribution in [3.8, 4) is 0 Å². The molecule has 0 spiro atoms. The van der Waals surface area contributed by atoms with Crippen LogP contribution in [-0.2, 0) is 11.3 Å². The average molecular weight is 291 g/mol. The van der Waals surface area contributed by atoms with Gasteiger partial charge >= 0.3 is 0 Å². The van der Waals surface area contributed by atoms with E-state index in [2.05, 4.69) is 56.2 Å². The van der Waals surface area contributed by atoms with Crippen LogP contribution in [0, 0.1) is 0 Å². The highest BCUT2D eigenvalue weighted by Crippen LogP contribution is 2.17. The Labute approximate surface area is 128 Å². The van der Waals surface area contributed by atoms with Crippen molar-refractivity contribution in [3.05, 3.63) is 23.9 Å². The molecule has 0 bridgehead atoms. The zero-order chi connectivity index (χ0) is 15.3. The Kier molecular flexibility index (Phi) is 5.59. The molecule has 0 radical (unpaired) electrons. The number of hydrogen-bond donors (Lipinski definition) is 1. The van der Waals surface area contributed by atoms with Crippen LogP contribution in [0.5, 0.6) is 0 Å². The normalized spacial score (nSPS) is 19.5. The minimum Gasteiger partial charge on any atom is -0.376 e. The van der Waals surface area contributed by atoms with Gasteiger partial charge in [-0.25, -0.2) is 4.98 Å². The number of nitrogens with one attached hydrogen (secondary N) is 1. The molecule has 1 fully saturated rings. The van der Waals surface area contributed by atoms with E-state index < -0.39 is 0 Å². The van der Waals surface area contributed by atoms with E-state index in [-0.39, 0.29) is 5.54 Å². The van der Waals surface area contributed by atoms with Gasteiger partial charge in [0.2, 0.25) is 0 Å². The van der Waals surface area contributed by atoms with Gasteiger partial charge in [0.1, 0.15) is 5.82 Å². The average Bonchev–Trinajstić information content (AvgIpc) is 2.46. The SMILES string of the molecule is CN(CC1CCCCO1)c1cccc(CNC(C)(C)C)n1. The summed E-state index contributed by atoms with van der Waals surface area (Å²) in [6.07, 6.45) is 3.99. The molecule has 1 atom stereocenters. The van der Waals surface area contributed by atoms with E-state index in [1.807, 2.05) is 0 Å². The van der Waals surface area contributed by atoms with Gasteiger partial charge in [-0.05, 0) is 52.2 Å². The third kappa shape index (κ3) is 5.64. The van der Waals surface area contributed by atoms with Gasteiger partial charge in [0.25, 0.3) is 0 Å². The van der Waals surface area contributed by atoms with E-state index in [0.717, 1.165) is 37.6 Å². The lowest BCUT2D eigenvalue weighted by Crippen LogP contribution is -2.36. The summed E-state index contributed by atoms with van der Waals surface area (Å²) in [6, 6.07) is 6.23. The maximum absolute atomic E-state index is 5.81. The monoisotopic (exact) mass is 291 g/mol. The number of hydrogen-bond acceptors (Lipinski definition) is 4. The van der Waals surface area contributed by atoms with Crippen LogP contribution in [0.3, 0.4) is 0 Å². The van der Waals surface area contributed by atoms with Gasteiger partial charge in [-0.3, -0.25) is 0 Å². The Balaban J connectivity index is 1.92. The summed E-state index contributed by atoms with van der Waals surface area (Å²) >= 11 is 0. The molecule has 2 heterocycles. The molecule has 1 aromatic rings. The maximum atomic E-state index is 5.81. The fourth-order valence-electron chi connectivity index (χ4n) is 2.48. The molecule has 1 aliphatic rings. The van der Waals surface area contributed by atoms with Gasteiger partial charge in [-0.15, -0.1) is 0 Å². The summed E-state index contributed by atoms with van der Waals surface area (Å²) < 4.78 is 5.81. The number of nitrogens with zero attached hydrogens (tertiary/aromatic N) is 2. The fraction of sp³-hybridized carbons (Fsp3) is 0.706. The van der Waals surface area contributed by atoms with Gasteiger partial charge in [0.05, 0.1) is 11.8 Å². The van der Waals surface area contributed by atoms with Crippen LogP contribution >= 0.6 is 0 Å². The number of aromatic nitrogens is 1. The first-order valence-electron chi connectivity index (χ1n) is 7.98. The van der Waals surface area contributed by atoms with Crippen LogP contribution in [-0.4, -0.2) is 36.8 Å². The Bertz CT molecular complexity index is 436. The van der Waals surface area contributed by atoms with Crippen molar-refractivity contribution in [2.45, 2.75) is 58.2 Å². The zero-order valence-electron chi connectivity index (χ0n) is 13.9. The number of pyridine rings is 1. The molecule has 2 rings (SSSR count). The molecule has 1 aromatic heterocycles. The molecular weight excluding hydrogens is 262 g/mol. The van der Waals surface area contributed by atoms with Gasteiger partial charge in [0, 0.05) is 32.3 Å². The van der Waals surface area contributed by atoms with Crippen LogP contribution in [0.1, 0.15) is 45.7 Å². The van der Waals surface area contributed by atoms with Crippen LogP contribution in [0.4, 0.5) is 5.82 Å². The van der Waals surface area contributed by atoms with E-state index in [0.29, 0.717) is 6.10 Å². The second kappa shape index (κ2) is 7.23. The molecule has 0 saturated carbocycles. The molecule has 0 aromatic carbocycles. The van der Waals surface area contributed by atoms with Crippen LogP contribution in [0.15, 0.2) is 18.2 Å². The molecule has 1 aliphatic heterocycles. The van der Waals surface area contributed by atoms with Crippen LogP contribution < -0.4 is 10.2 Å². The third-order valence-corrected chi connectivity index (χ3v) is 3.73. The first-order chi connectivity index (χ1) is 9.94. The summed E-state index contributed by atoms with van der Waals surface area (Å²) in [4.78, 5) is 6.95. The molecule has 21 heavy (non-hydrogen) atoms. The smallest absolute Gasteiger partial charge is 0.128 e. The van der Waals surface area contributed by atoms with Gasteiger partial charge in [-0.2, -0.15) is 0 Å². The molecule has 1 N–H and O–H groups in total. The Morgan fingerprint density at radius 2 is 2.14 bits per heavy atom. The predicted molar refractivity (Wildman–Crippen MR) is 87.7 cm³/mol. The number of rotatable bonds is 5. The van der Waals surface area contributed by atoms with Crippen molar-refractivity contribution in [2.24, 2.45) is 0 Å². The van der Waals surface area contributed by atoms with Crippen molar-refractivity contribution >= 4 is 5.82 Å². The number of ether oxygens (including phenoxy) is 1. The fourth-order valence-corrected chi connectivity index (χ4v) is 2.48. The lowest BCUT2D eigenvalue weighted by molar-refractivity contribution is 0.0215. The largest absolute Gasteiger partial charge is 0.376 e. The Morgan fingerprint density at radius 1 is 1.33 bits per heavy atom. The first-order valence-corrected chi connectivity index (χ1v) is 7.98. The van der Waals surface area contributed by atoms with E-state index in [4.69, 9.17) is 9.72 Å². The summed E-state index contributed by atoms with van der Waals surface area (Å²) in [6.45, 7) is 9.13. The molecule has 0 amide bonds. The molecule has 0 aliphatic carbocycles. The van der Waals surface area contributed by atoms with Crippen molar-refractivity contribution in [3.63, 3.8) is 0 Å². The van der Waals surface area contributed by atoms with Crippen molar-refractivity contribution in [1.29, 1.82) is 0 Å². The minimum atomic E-state index is 0.111. The highest BCUT2D eigenvalue weighted by atomic mass is 16.5. The Hall–Kier alpha value is -1.13. The second-order valence-electron chi connectivity index (χ2n) is 6.96. The molecule has 4 heteroatoms. The number of likely N-dealkylation sites (N-methyl/N-ethyl adjacent to an activating group) is 1. The topological polar surface area (TPSA) is 37.4 Å². The minimum absolute atomic E-state index is 0.111. The predicted octanol–water partition coefficient (Wildman–Crippen LogP) is 2.98. The van der Waals surface area contributed by atoms with E-state index in [9.17, 15) is 0 Å². The van der Waals surface area contributed by atoms with Gasteiger partial charge in [-0.1, -0.05) is 6.07 Å². The summed E-state index contributed by atoms with van der Waals surface area (Å²) in [5, 5.41) is 3.48. The van der Waals surface area contributed by atoms with Gasteiger partial charge in [0.15, 0.2) is 0 Å². The highest BCUT2D eigenvalue weighted by molar-refractivity contribution is 5.38. The number of anilines is 1. The van der Waals surface area contributed by atoms with Crippen molar-refractivity contribution < 1.29 is 4.74 Å². The van der Waals surface area contributed by atoms with Crippen LogP contribution in [0.25, 0.3) is 0 Å². The lowest BCUT2D eigenvalue weighted by atomic mass is 10.1. The lowest BCUT2D eigenvalue weighted by Gasteiger charge is -2.28. The van der Waals surface area contributed by atoms with E-state index in [1.54, 1.807) is 0 Å². The molecular formula is C17H29N3O. The summed E-state index contributed by atoms with van der Waals surface area (Å²) in [5.74, 6) is 1.03. The quantitative estimate of drug-likeness (QED) is 0.905. The van der Waals surface area contributed by atoms with E-state index >= 15 is 0 Å². The standard InChI is InChI=1S/C17H29N3O/c1-17(2,3)18-12-14-8-7-10-16(19-14)20(4)13-15-9-5-6-11-21-15/h7-8,10,15,18H,5-6,9,11-13H2,1-4H3. The molecule has 4 nitrogen and oxygen atoms in total. The molecule has 1 unspecified atom stereocenters. The van der Waals surface area contributed by atoms with Crippen molar-refractivity contribution in [1.82, 2.24) is 10.3 Å². The maximum Gasteiger partial charge on any atom is 0.128 e. The second-order valence-corrected chi connectivity index (χ2v) is 6.96. The third-order valence-electron chi connectivity index (χ3n) is 3.73. The zero-order valence-corrected chi connectivity index (χ0v) is 13.9. The van der Waals surface area contributed by atoms with Gasteiger partial charge < -0.3 is 15.0 Å².